The molecule has 0 unspecified atom stereocenters. The molecule has 0 aromatic heterocycles. The van der Waals surface area contributed by atoms with Gasteiger partial charge in [0.25, 0.3) is 0 Å². The first-order valence-corrected chi connectivity index (χ1v) is 3.87. The fourth-order valence-corrected chi connectivity index (χ4v) is 1.03. The van der Waals surface area contributed by atoms with Crippen molar-refractivity contribution in [1.29, 1.82) is 0 Å². The molecule has 0 saturated heterocycles. The minimum atomic E-state index is 0.773. The summed E-state index contributed by atoms with van der Waals surface area (Å²) in [7, 11) is 0. The van der Waals surface area contributed by atoms with E-state index in [-0.39, 0.29) is 0 Å². The third kappa shape index (κ3) is 2.91. The van der Waals surface area contributed by atoms with E-state index in [2.05, 4.69) is 18.1 Å². The molecule has 0 aliphatic heterocycles. The number of aryl methyl sites for hydroxylation is 1. The number of hydrogen-bond acceptors (Lipinski definition) is 0. The molecule has 0 fully saturated rings. The molecule has 0 aliphatic rings. The van der Waals surface area contributed by atoms with Gasteiger partial charge in [-0.2, -0.15) is 0 Å². The van der Waals surface area contributed by atoms with E-state index in [0.29, 0.717) is 0 Å². The van der Waals surface area contributed by atoms with Gasteiger partial charge in [-0.15, -0.1) is 0 Å². The Balaban J connectivity index is 2.35. The summed E-state index contributed by atoms with van der Waals surface area (Å²) in [5, 5.41) is 0. The van der Waals surface area contributed by atoms with Crippen LogP contribution in [0.4, 0.5) is 0 Å². The first-order chi connectivity index (χ1) is 5.43. The predicted molar refractivity (Wildman–Crippen MR) is 46.5 cm³/mol. The highest BCUT2D eigenvalue weighted by Gasteiger charge is 1.88. The first-order valence-electron chi connectivity index (χ1n) is 3.87. The lowest BCUT2D eigenvalue weighted by Gasteiger charge is -1.96. The van der Waals surface area contributed by atoms with E-state index in [1.807, 2.05) is 18.2 Å². The van der Waals surface area contributed by atoms with Crippen molar-refractivity contribution in [2.24, 2.45) is 0 Å². The monoisotopic (exact) mass is 143 g/mol. The molecule has 0 heteroatoms. The van der Waals surface area contributed by atoms with Gasteiger partial charge in [0.15, 0.2) is 0 Å². The molecule has 1 rings (SSSR count). The average Bonchev–Trinajstić information content (AvgIpc) is 2.07. The third-order valence-corrected chi connectivity index (χ3v) is 1.61. The maximum atomic E-state index is 6.72. The van der Waals surface area contributed by atoms with Crippen LogP contribution < -0.4 is 0 Å². The Kier molecular flexibility index (Phi) is 3.28. The molecule has 0 spiro atoms. The predicted octanol–water partition coefficient (Wildman–Crippen LogP) is 2.60. The third-order valence-electron chi connectivity index (χ3n) is 1.61. The molecular formula is C11H11. The van der Waals surface area contributed by atoms with E-state index < -0.39 is 0 Å². The summed E-state index contributed by atoms with van der Waals surface area (Å²) >= 11 is 0. The molecule has 1 aromatic rings. The van der Waals surface area contributed by atoms with Crippen LogP contribution in [0.5, 0.6) is 0 Å². The fourth-order valence-electron chi connectivity index (χ4n) is 1.03. The zero-order chi connectivity index (χ0) is 7.94. The largest absolute Gasteiger partial charge is 0.0891 e. The molecule has 11 heavy (non-hydrogen) atoms. The summed E-state index contributed by atoms with van der Waals surface area (Å²) < 4.78 is 0. The first kappa shape index (κ1) is 7.88. The molecule has 0 heterocycles. The van der Waals surface area contributed by atoms with Gasteiger partial charge in [-0.1, -0.05) is 36.3 Å². The molecule has 1 aromatic carbocycles. The van der Waals surface area contributed by atoms with E-state index in [9.17, 15) is 0 Å². The van der Waals surface area contributed by atoms with Crippen LogP contribution >= 0.6 is 0 Å². The SMILES string of the molecule is [C]#CCCCc1ccccc1. The van der Waals surface area contributed by atoms with Crippen LogP contribution in [0, 0.1) is 12.3 Å². The van der Waals surface area contributed by atoms with E-state index in [1.54, 1.807) is 0 Å². The molecule has 0 aliphatic carbocycles. The van der Waals surface area contributed by atoms with E-state index in [1.165, 1.54) is 5.56 Å². The lowest BCUT2D eigenvalue weighted by atomic mass is 10.1. The summed E-state index contributed by atoms with van der Waals surface area (Å²) in [5.74, 6) is 2.39. The van der Waals surface area contributed by atoms with Crippen LogP contribution in [-0.4, -0.2) is 0 Å². The standard InChI is InChI=1S/C11H11/c1-2-3-5-8-11-9-6-4-7-10-11/h4,6-7,9-10H,3,5,8H2. The second-order valence-corrected chi connectivity index (χ2v) is 2.52. The van der Waals surface area contributed by atoms with E-state index in [4.69, 9.17) is 6.42 Å². The summed E-state index contributed by atoms with van der Waals surface area (Å²) in [5.41, 5.74) is 1.35. The van der Waals surface area contributed by atoms with Crippen molar-refractivity contribution in [2.45, 2.75) is 19.3 Å². The molecule has 0 nitrogen and oxygen atoms in total. The second-order valence-electron chi connectivity index (χ2n) is 2.52. The van der Waals surface area contributed by atoms with Crippen molar-refractivity contribution in [1.82, 2.24) is 0 Å². The zero-order valence-corrected chi connectivity index (χ0v) is 6.51. The molecule has 0 saturated carbocycles. The Morgan fingerprint density at radius 1 is 1.18 bits per heavy atom. The summed E-state index contributed by atoms with van der Waals surface area (Å²) in [6.45, 7) is 0. The minimum Gasteiger partial charge on any atom is -0.0891 e. The molecule has 0 atom stereocenters. The maximum Gasteiger partial charge on any atom is 0.0102 e. The molecule has 0 amide bonds. The summed E-state index contributed by atoms with van der Waals surface area (Å²) in [4.78, 5) is 0. The van der Waals surface area contributed by atoms with Crippen molar-refractivity contribution < 1.29 is 0 Å². The van der Waals surface area contributed by atoms with Gasteiger partial charge >= 0.3 is 0 Å². The lowest BCUT2D eigenvalue weighted by Crippen LogP contribution is -1.82. The summed E-state index contributed by atoms with van der Waals surface area (Å²) in [6, 6.07) is 10.3. The van der Waals surface area contributed by atoms with Crippen LogP contribution in [0.15, 0.2) is 30.3 Å². The Morgan fingerprint density at radius 2 is 1.91 bits per heavy atom. The maximum absolute atomic E-state index is 6.72. The van der Waals surface area contributed by atoms with Gasteiger partial charge in [-0.05, 0) is 24.8 Å². The molecule has 0 bridgehead atoms. The molecule has 1 radical (unpaired) electrons. The van der Waals surface area contributed by atoms with Gasteiger partial charge in [0.2, 0.25) is 0 Å². The minimum absolute atomic E-state index is 0.773. The normalized spacial score (nSPS) is 9.00. The summed E-state index contributed by atoms with van der Waals surface area (Å²) in [6.07, 6.45) is 9.59. The molecule has 0 N–H and O–H groups in total. The molecular weight excluding hydrogens is 132 g/mol. The van der Waals surface area contributed by atoms with Gasteiger partial charge in [0, 0.05) is 6.42 Å². The van der Waals surface area contributed by atoms with Crippen LogP contribution in [0.3, 0.4) is 0 Å². The fraction of sp³-hybridized carbons (Fsp3) is 0.273. The Hall–Kier alpha value is -1.22. The van der Waals surface area contributed by atoms with Gasteiger partial charge in [-0.25, -0.2) is 0 Å². The number of hydrogen-bond donors (Lipinski definition) is 0. The van der Waals surface area contributed by atoms with Crippen LogP contribution in [0.2, 0.25) is 0 Å². The van der Waals surface area contributed by atoms with Crippen molar-refractivity contribution in [3.8, 4) is 5.92 Å². The van der Waals surface area contributed by atoms with E-state index >= 15 is 0 Å². The zero-order valence-electron chi connectivity index (χ0n) is 6.51. The van der Waals surface area contributed by atoms with Crippen molar-refractivity contribution in [3.05, 3.63) is 42.3 Å². The van der Waals surface area contributed by atoms with Crippen molar-refractivity contribution >= 4 is 0 Å². The van der Waals surface area contributed by atoms with Gasteiger partial charge in [0.1, 0.15) is 0 Å². The molecule has 55 valence electrons. The van der Waals surface area contributed by atoms with Gasteiger partial charge in [0.05, 0.1) is 0 Å². The highest BCUT2D eigenvalue weighted by atomic mass is 13.9. The van der Waals surface area contributed by atoms with Crippen molar-refractivity contribution in [2.75, 3.05) is 0 Å². The van der Waals surface area contributed by atoms with Crippen LogP contribution in [0.25, 0.3) is 0 Å². The Bertz CT molecular complexity index is 228. The Morgan fingerprint density at radius 3 is 2.55 bits per heavy atom. The quantitative estimate of drug-likeness (QED) is 0.450. The highest BCUT2D eigenvalue weighted by Crippen LogP contribution is 2.03. The van der Waals surface area contributed by atoms with Crippen LogP contribution in [-0.2, 0) is 6.42 Å². The average molecular weight is 143 g/mol. The number of unbranched alkanes of at least 4 members (excludes halogenated alkanes) is 1. The second kappa shape index (κ2) is 4.57. The lowest BCUT2D eigenvalue weighted by molar-refractivity contribution is 0.857. The van der Waals surface area contributed by atoms with Gasteiger partial charge in [-0.3, -0.25) is 0 Å². The topological polar surface area (TPSA) is 0 Å². The smallest absolute Gasteiger partial charge is 0.0102 e. The number of rotatable bonds is 3. The van der Waals surface area contributed by atoms with Crippen molar-refractivity contribution in [3.63, 3.8) is 0 Å². The van der Waals surface area contributed by atoms with Crippen LogP contribution in [0.1, 0.15) is 18.4 Å². The highest BCUT2D eigenvalue weighted by molar-refractivity contribution is 5.14. The number of benzene rings is 1. The Labute approximate surface area is 68.3 Å². The van der Waals surface area contributed by atoms with Gasteiger partial charge < -0.3 is 0 Å². The van der Waals surface area contributed by atoms with E-state index in [0.717, 1.165) is 19.3 Å².